The van der Waals surface area contributed by atoms with Crippen LogP contribution in [0, 0.1) is 0 Å². The van der Waals surface area contributed by atoms with Gasteiger partial charge in [-0.2, -0.15) is 0 Å². The molecule has 22 heavy (non-hydrogen) atoms. The maximum absolute atomic E-state index is 5.99. The molecule has 0 fully saturated rings. The van der Waals surface area contributed by atoms with Crippen molar-refractivity contribution in [3.8, 4) is 0 Å². The molecule has 0 bridgehead atoms. The van der Waals surface area contributed by atoms with Crippen molar-refractivity contribution in [2.24, 2.45) is 0 Å². The van der Waals surface area contributed by atoms with E-state index in [0.29, 0.717) is 0 Å². The summed E-state index contributed by atoms with van der Waals surface area (Å²) in [5.41, 5.74) is 16.9. The second kappa shape index (κ2) is 4.77. The molecule has 0 radical (unpaired) electrons. The van der Waals surface area contributed by atoms with E-state index in [1.807, 2.05) is 48.8 Å². The van der Waals surface area contributed by atoms with Gasteiger partial charge in [-0.15, -0.1) is 0 Å². The van der Waals surface area contributed by atoms with Gasteiger partial charge < -0.3 is 16.0 Å². The van der Waals surface area contributed by atoms with Crippen LogP contribution >= 0.6 is 0 Å². The second-order valence-electron chi connectivity index (χ2n) is 5.49. The molecule has 0 saturated heterocycles. The molecule has 4 nitrogen and oxygen atoms in total. The summed E-state index contributed by atoms with van der Waals surface area (Å²) in [5, 5.41) is 2.39. The summed E-state index contributed by atoms with van der Waals surface area (Å²) in [6.07, 6.45) is 3.62. The lowest BCUT2D eigenvalue weighted by Gasteiger charge is -2.08. The number of nitrogens with zero attached hydrogens (tertiary/aromatic N) is 2. The molecule has 4 N–H and O–H groups in total. The lowest BCUT2D eigenvalue weighted by Crippen LogP contribution is -2.00. The minimum absolute atomic E-state index is 0.759. The van der Waals surface area contributed by atoms with Crippen LogP contribution in [0.2, 0.25) is 0 Å². The third-order valence-electron chi connectivity index (χ3n) is 4.01. The fourth-order valence-corrected chi connectivity index (χ4v) is 2.97. The van der Waals surface area contributed by atoms with E-state index in [2.05, 4.69) is 21.7 Å². The zero-order valence-electron chi connectivity index (χ0n) is 12.0. The minimum Gasteiger partial charge on any atom is -0.399 e. The van der Waals surface area contributed by atoms with Crippen LogP contribution in [0.5, 0.6) is 0 Å². The number of fused-ring (bicyclic) bond motifs is 3. The maximum atomic E-state index is 5.99. The first-order valence-corrected chi connectivity index (χ1v) is 7.18. The van der Waals surface area contributed by atoms with Crippen molar-refractivity contribution in [1.82, 2.24) is 9.55 Å². The molecule has 0 atom stereocenters. The molecular weight excluding hydrogens is 272 g/mol. The van der Waals surface area contributed by atoms with Gasteiger partial charge in [0.1, 0.15) is 0 Å². The Bertz CT molecular complexity index is 911. The largest absolute Gasteiger partial charge is 0.399 e. The molecule has 0 aliphatic rings. The van der Waals surface area contributed by atoms with E-state index in [9.17, 15) is 0 Å². The number of rotatable bonds is 2. The van der Waals surface area contributed by atoms with Crippen LogP contribution in [0.4, 0.5) is 11.4 Å². The quantitative estimate of drug-likeness (QED) is 0.555. The summed E-state index contributed by atoms with van der Waals surface area (Å²) in [6.45, 7) is 0.759. The first kappa shape index (κ1) is 12.7. The summed E-state index contributed by atoms with van der Waals surface area (Å²) in [5.74, 6) is 0. The van der Waals surface area contributed by atoms with Gasteiger partial charge in [0.2, 0.25) is 0 Å². The standard InChI is InChI=1S/C18H16N4/c19-13-1-3-15-16-4-2-14(20)10-18(16)22(17(15)9-13)11-12-5-7-21-8-6-12/h1-10H,11,19-20H2. The topological polar surface area (TPSA) is 69.9 Å². The number of pyridine rings is 1. The van der Waals surface area contributed by atoms with Crippen molar-refractivity contribution >= 4 is 33.2 Å². The van der Waals surface area contributed by atoms with Gasteiger partial charge in [0, 0.05) is 41.1 Å². The van der Waals surface area contributed by atoms with Crippen LogP contribution in [0.15, 0.2) is 60.9 Å². The Morgan fingerprint density at radius 1 is 0.773 bits per heavy atom. The highest BCUT2D eigenvalue weighted by atomic mass is 15.0. The van der Waals surface area contributed by atoms with Gasteiger partial charge in [0.15, 0.2) is 0 Å². The van der Waals surface area contributed by atoms with Gasteiger partial charge in [0.05, 0.1) is 11.0 Å². The van der Waals surface area contributed by atoms with Crippen molar-refractivity contribution in [2.75, 3.05) is 11.5 Å². The number of hydrogen-bond acceptors (Lipinski definition) is 3. The predicted octanol–water partition coefficient (Wildman–Crippen LogP) is 3.40. The molecule has 4 heteroatoms. The molecule has 4 rings (SSSR count). The monoisotopic (exact) mass is 288 g/mol. The molecule has 2 aromatic heterocycles. The van der Waals surface area contributed by atoms with Crippen molar-refractivity contribution in [1.29, 1.82) is 0 Å². The van der Waals surface area contributed by atoms with Crippen LogP contribution in [-0.2, 0) is 6.54 Å². The Morgan fingerprint density at radius 2 is 1.32 bits per heavy atom. The maximum Gasteiger partial charge on any atom is 0.0515 e. The molecule has 0 aliphatic heterocycles. The molecule has 0 unspecified atom stereocenters. The van der Waals surface area contributed by atoms with Gasteiger partial charge >= 0.3 is 0 Å². The highest BCUT2D eigenvalue weighted by Crippen LogP contribution is 2.32. The smallest absolute Gasteiger partial charge is 0.0515 e. The molecular formula is C18H16N4. The van der Waals surface area contributed by atoms with Gasteiger partial charge in [-0.25, -0.2) is 0 Å². The third kappa shape index (κ3) is 1.97. The Morgan fingerprint density at radius 3 is 1.86 bits per heavy atom. The molecule has 0 amide bonds. The first-order chi connectivity index (χ1) is 10.7. The van der Waals surface area contributed by atoms with Crippen molar-refractivity contribution in [3.05, 3.63) is 66.5 Å². The second-order valence-corrected chi connectivity index (χ2v) is 5.49. The molecule has 108 valence electrons. The van der Waals surface area contributed by atoms with E-state index < -0.39 is 0 Å². The molecule has 0 spiro atoms. The lowest BCUT2D eigenvalue weighted by molar-refractivity contribution is 0.866. The van der Waals surface area contributed by atoms with E-state index >= 15 is 0 Å². The molecule has 0 saturated carbocycles. The van der Waals surface area contributed by atoms with Gasteiger partial charge in [-0.05, 0) is 42.0 Å². The summed E-state index contributed by atoms with van der Waals surface area (Å²) >= 11 is 0. The Kier molecular flexibility index (Phi) is 2.76. The molecule has 0 aliphatic carbocycles. The van der Waals surface area contributed by atoms with E-state index in [0.717, 1.165) is 29.0 Å². The van der Waals surface area contributed by atoms with E-state index in [4.69, 9.17) is 11.5 Å². The number of nitrogens with two attached hydrogens (primary N) is 2. The van der Waals surface area contributed by atoms with Crippen LogP contribution in [0.3, 0.4) is 0 Å². The Labute approximate surface area is 128 Å². The van der Waals surface area contributed by atoms with Crippen LogP contribution in [0.25, 0.3) is 21.8 Å². The lowest BCUT2D eigenvalue weighted by atomic mass is 10.1. The van der Waals surface area contributed by atoms with Crippen molar-refractivity contribution in [3.63, 3.8) is 0 Å². The fraction of sp³-hybridized carbons (Fsp3) is 0.0556. The van der Waals surface area contributed by atoms with Crippen molar-refractivity contribution < 1.29 is 0 Å². The molecule has 4 aromatic rings. The summed E-state index contributed by atoms with van der Waals surface area (Å²) < 4.78 is 2.26. The number of benzene rings is 2. The molecule has 2 aromatic carbocycles. The van der Waals surface area contributed by atoms with E-state index in [-0.39, 0.29) is 0 Å². The SMILES string of the molecule is Nc1ccc2c3ccc(N)cc3n(Cc3ccncc3)c2c1. The van der Waals surface area contributed by atoms with Crippen molar-refractivity contribution in [2.45, 2.75) is 6.54 Å². The zero-order valence-corrected chi connectivity index (χ0v) is 12.0. The first-order valence-electron chi connectivity index (χ1n) is 7.18. The van der Waals surface area contributed by atoms with E-state index in [1.54, 1.807) is 0 Å². The van der Waals surface area contributed by atoms with Gasteiger partial charge in [-0.1, -0.05) is 12.1 Å². The Balaban J connectivity index is 2.04. The van der Waals surface area contributed by atoms with Crippen LogP contribution < -0.4 is 11.5 Å². The highest BCUT2D eigenvalue weighted by Gasteiger charge is 2.11. The summed E-state index contributed by atoms with van der Waals surface area (Å²) in [7, 11) is 0. The highest BCUT2D eigenvalue weighted by molar-refractivity contribution is 6.09. The van der Waals surface area contributed by atoms with Gasteiger partial charge in [0.25, 0.3) is 0 Å². The van der Waals surface area contributed by atoms with Crippen LogP contribution in [-0.4, -0.2) is 9.55 Å². The molecule has 2 heterocycles. The number of hydrogen-bond donors (Lipinski definition) is 2. The third-order valence-corrected chi connectivity index (χ3v) is 4.01. The van der Waals surface area contributed by atoms with Gasteiger partial charge in [-0.3, -0.25) is 4.98 Å². The average molecular weight is 288 g/mol. The number of aromatic nitrogens is 2. The summed E-state index contributed by atoms with van der Waals surface area (Å²) in [4.78, 5) is 4.08. The predicted molar refractivity (Wildman–Crippen MR) is 91.6 cm³/mol. The normalized spacial score (nSPS) is 11.3. The fourth-order valence-electron chi connectivity index (χ4n) is 2.97. The van der Waals surface area contributed by atoms with E-state index in [1.165, 1.54) is 16.3 Å². The Hall–Kier alpha value is -3.01. The van der Waals surface area contributed by atoms with Crippen LogP contribution in [0.1, 0.15) is 5.56 Å². The zero-order chi connectivity index (χ0) is 15.1. The average Bonchev–Trinajstić information content (AvgIpc) is 2.81. The number of anilines is 2. The number of nitrogen functional groups attached to an aromatic ring is 2. The minimum atomic E-state index is 0.759. The summed E-state index contributed by atoms with van der Waals surface area (Å²) in [6, 6.07) is 16.1.